The molecule has 154 valence electrons. The lowest BCUT2D eigenvalue weighted by Gasteiger charge is -2.33. The fraction of sp³-hybridized carbons (Fsp3) is 0.385. The topological polar surface area (TPSA) is 41.1 Å². The van der Waals surface area contributed by atoms with Crippen LogP contribution < -0.4 is 0 Å². The maximum atomic E-state index is 9.85. The summed E-state index contributed by atoms with van der Waals surface area (Å²) in [6.45, 7) is 13.8. The second kappa shape index (κ2) is 7.89. The molecule has 0 saturated carbocycles. The van der Waals surface area contributed by atoms with Gasteiger partial charge < -0.3 is 4.57 Å². The van der Waals surface area contributed by atoms with Gasteiger partial charge in [0.15, 0.2) is 0 Å². The molecule has 4 heteroatoms. The van der Waals surface area contributed by atoms with Gasteiger partial charge in [0.2, 0.25) is 0 Å². The molecular formula is C26H29N3S. The Labute approximate surface area is 183 Å². The van der Waals surface area contributed by atoms with Crippen LogP contribution in [0.5, 0.6) is 0 Å². The summed E-state index contributed by atoms with van der Waals surface area (Å²) in [6.07, 6.45) is 7.08. The Morgan fingerprint density at radius 1 is 1.33 bits per heavy atom. The van der Waals surface area contributed by atoms with Crippen LogP contribution in [0.3, 0.4) is 0 Å². The predicted octanol–water partition coefficient (Wildman–Crippen LogP) is 6.97. The van der Waals surface area contributed by atoms with Crippen LogP contribution in [0.4, 0.5) is 5.00 Å². The molecule has 0 N–H and O–H groups in total. The van der Waals surface area contributed by atoms with Crippen LogP contribution >= 0.6 is 11.3 Å². The average Bonchev–Trinajstić information content (AvgIpc) is 3.20. The highest BCUT2D eigenvalue weighted by Gasteiger charge is 2.32. The Balaban J connectivity index is 1.75. The van der Waals surface area contributed by atoms with E-state index >= 15 is 0 Å². The standard InChI is InChI=1S/C26H29N3S/c1-6-13-29-17(2)22(19-9-7-8-10-23(19)29)16-28-25-21(15-27)20-12-11-18(26(3,4)5)14-24(20)30-25/h6-10,16,18H,1,11-14H2,2-5H3. The summed E-state index contributed by atoms with van der Waals surface area (Å²) < 4.78 is 2.27. The highest BCUT2D eigenvalue weighted by molar-refractivity contribution is 7.16. The molecule has 30 heavy (non-hydrogen) atoms. The quantitative estimate of drug-likeness (QED) is 0.335. The molecule has 3 aromatic rings. The Morgan fingerprint density at radius 2 is 2.10 bits per heavy atom. The summed E-state index contributed by atoms with van der Waals surface area (Å²) in [5, 5.41) is 11.9. The van der Waals surface area contributed by atoms with Crippen molar-refractivity contribution >= 4 is 33.5 Å². The summed E-state index contributed by atoms with van der Waals surface area (Å²) in [5.41, 5.74) is 5.80. The Hall–Kier alpha value is -2.64. The number of hydrogen-bond donors (Lipinski definition) is 0. The van der Waals surface area contributed by atoms with E-state index in [1.54, 1.807) is 11.3 Å². The number of para-hydroxylation sites is 1. The Morgan fingerprint density at radius 3 is 2.80 bits per heavy atom. The molecule has 0 fully saturated rings. The number of aliphatic imine (C=N–C) groups is 1. The molecule has 0 amide bonds. The molecule has 3 nitrogen and oxygen atoms in total. The first-order valence-electron chi connectivity index (χ1n) is 10.6. The minimum Gasteiger partial charge on any atom is -0.340 e. The molecule has 2 aromatic heterocycles. The van der Waals surface area contributed by atoms with Crippen LogP contribution in [0.25, 0.3) is 10.9 Å². The fourth-order valence-electron chi connectivity index (χ4n) is 4.63. The van der Waals surface area contributed by atoms with Gasteiger partial charge in [-0.05, 0) is 49.1 Å². The minimum absolute atomic E-state index is 0.294. The van der Waals surface area contributed by atoms with Gasteiger partial charge >= 0.3 is 0 Å². The van der Waals surface area contributed by atoms with E-state index in [2.05, 4.69) is 69.2 Å². The summed E-state index contributed by atoms with van der Waals surface area (Å²) in [6, 6.07) is 10.9. The lowest BCUT2D eigenvalue weighted by atomic mass is 9.72. The molecule has 1 atom stereocenters. The molecule has 4 rings (SSSR count). The number of nitriles is 1. The maximum absolute atomic E-state index is 9.85. The van der Waals surface area contributed by atoms with E-state index < -0.39 is 0 Å². The van der Waals surface area contributed by atoms with Crippen LogP contribution in [-0.2, 0) is 19.4 Å². The molecule has 2 heterocycles. The normalized spacial score (nSPS) is 16.7. The minimum atomic E-state index is 0.294. The second-order valence-corrected chi connectivity index (χ2v) is 10.4. The van der Waals surface area contributed by atoms with Gasteiger partial charge in [-0.3, -0.25) is 0 Å². The van der Waals surface area contributed by atoms with Crippen molar-refractivity contribution in [1.29, 1.82) is 5.26 Å². The first-order valence-corrected chi connectivity index (χ1v) is 11.4. The number of aromatic nitrogens is 1. The van der Waals surface area contributed by atoms with Crippen LogP contribution in [0, 0.1) is 29.6 Å². The third-order valence-corrected chi connectivity index (χ3v) is 7.65. The number of rotatable bonds is 4. The van der Waals surface area contributed by atoms with E-state index in [-0.39, 0.29) is 0 Å². The van der Waals surface area contributed by atoms with E-state index in [9.17, 15) is 5.26 Å². The molecule has 1 aromatic carbocycles. The largest absolute Gasteiger partial charge is 0.340 e. The van der Waals surface area contributed by atoms with Crippen molar-refractivity contribution in [3.8, 4) is 6.07 Å². The summed E-state index contributed by atoms with van der Waals surface area (Å²) in [7, 11) is 0. The zero-order valence-electron chi connectivity index (χ0n) is 18.3. The second-order valence-electron chi connectivity index (χ2n) is 9.28. The van der Waals surface area contributed by atoms with Gasteiger partial charge in [0.05, 0.1) is 5.56 Å². The molecule has 0 radical (unpaired) electrons. The summed E-state index contributed by atoms with van der Waals surface area (Å²) >= 11 is 1.71. The van der Waals surface area contributed by atoms with E-state index in [1.807, 2.05) is 12.3 Å². The Bertz CT molecular complexity index is 1180. The zero-order valence-corrected chi connectivity index (χ0v) is 19.1. The highest BCUT2D eigenvalue weighted by atomic mass is 32.1. The van der Waals surface area contributed by atoms with Crippen molar-refractivity contribution in [1.82, 2.24) is 4.57 Å². The van der Waals surface area contributed by atoms with E-state index in [4.69, 9.17) is 4.99 Å². The van der Waals surface area contributed by atoms with Crippen molar-refractivity contribution < 1.29 is 0 Å². The van der Waals surface area contributed by atoms with Crippen molar-refractivity contribution in [2.75, 3.05) is 0 Å². The average molecular weight is 416 g/mol. The van der Waals surface area contributed by atoms with Crippen molar-refractivity contribution in [2.45, 2.75) is 53.5 Å². The van der Waals surface area contributed by atoms with Gasteiger partial charge in [-0.1, -0.05) is 45.0 Å². The monoisotopic (exact) mass is 415 g/mol. The Kier molecular flexibility index (Phi) is 5.42. The first kappa shape index (κ1) is 20.6. The van der Waals surface area contributed by atoms with Gasteiger partial charge in [0.25, 0.3) is 0 Å². The maximum Gasteiger partial charge on any atom is 0.134 e. The fourth-order valence-corrected chi connectivity index (χ4v) is 5.85. The molecule has 0 spiro atoms. The molecule has 1 aliphatic carbocycles. The third-order valence-electron chi connectivity index (χ3n) is 6.49. The van der Waals surface area contributed by atoms with Gasteiger partial charge in [0.1, 0.15) is 11.1 Å². The number of nitrogens with zero attached hydrogens (tertiary/aromatic N) is 3. The van der Waals surface area contributed by atoms with Crippen LogP contribution in [0.1, 0.15) is 54.5 Å². The van der Waals surface area contributed by atoms with E-state index in [1.165, 1.54) is 27.0 Å². The molecular weight excluding hydrogens is 386 g/mol. The molecule has 0 saturated heterocycles. The van der Waals surface area contributed by atoms with Gasteiger partial charge in [-0.15, -0.1) is 17.9 Å². The van der Waals surface area contributed by atoms with Crippen molar-refractivity contribution in [3.05, 3.63) is 64.2 Å². The molecule has 0 aliphatic heterocycles. The summed E-state index contributed by atoms with van der Waals surface area (Å²) in [5.74, 6) is 0.658. The number of hydrogen-bond acceptors (Lipinski definition) is 3. The van der Waals surface area contributed by atoms with Crippen LogP contribution in [0.15, 0.2) is 41.9 Å². The van der Waals surface area contributed by atoms with E-state index in [0.29, 0.717) is 11.3 Å². The SMILES string of the molecule is C=CCn1c(C)c(C=Nc2sc3c(c2C#N)CCC(C(C)(C)C)C3)c2ccccc21. The van der Waals surface area contributed by atoms with Crippen LogP contribution in [-0.4, -0.2) is 10.8 Å². The first-order chi connectivity index (χ1) is 14.3. The van der Waals surface area contributed by atoms with Crippen molar-refractivity contribution in [2.24, 2.45) is 16.3 Å². The predicted molar refractivity (Wildman–Crippen MR) is 128 cm³/mol. The molecule has 1 aliphatic rings. The number of thiophene rings is 1. The van der Waals surface area contributed by atoms with Gasteiger partial charge in [-0.25, -0.2) is 4.99 Å². The molecule has 0 bridgehead atoms. The van der Waals surface area contributed by atoms with Gasteiger partial charge in [0, 0.05) is 39.8 Å². The number of benzene rings is 1. The zero-order chi connectivity index (χ0) is 21.5. The van der Waals surface area contributed by atoms with Crippen molar-refractivity contribution in [3.63, 3.8) is 0 Å². The smallest absolute Gasteiger partial charge is 0.134 e. The summed E-state index contributed by atoms with van der Waals surface area (Å²) in [4.78, 5) is 6.21. The number of fused-ring (bicyclic) bond motifs is 2. The van der Waals surface area contributed by atoms with Crippen LogP contribution in [0.2, 0.25) is 0 Å². The third kappa shape index (κ3) is 3.52. The highest BCUT2D eigenvalue weighted by Crippen LogP contribution is 2.45. The lowest BCUT2D eigenvalue weighted by Crippen LogP contribution is -2.26. The van der Waals surface area contributed by atoms with E-state index in [0.717, 1.165) is 41.9 Å². The molecule has 1 unspecified atom stereocenters. The van der Waals surface area contributed by atoms with Gasteiger partial charge in [-0.2, -0.15) is 5.26 Å². The lowest BCUT2D eigenvalue weighted by molar-refractivity contribution is 0.218. The number of allylic oxidation sites excluding steroid dienone is 1.